The average Bonchev–Trinajstić information content (AvgIpc) is 2.43. The standard InChI is InChI=1S/C19H24O2/c1-12(20)13-5-7-15-14(11-13)6-8-16-18(2,3)17(21)9-10-19(15,16)4/h5,7,11,16H,6,8-10H2,1-4H3/t16-,19+/m0/s1. The topological polar surface area (TPSA) is 34.1 Å². The second-order valence-electron chi connectivity index (χ2n) is 7.58. The van der Waals surface area contributed by atoms with E-state index in [-0.39, 0.29) is 16.6 Å². The summed E-state index contributed by atoms with van der Waals surface area (Å²) in [7, 11) is 0. The summed E-state index contributed by atoms with van der Waals surface area (Å²) in [5.41, 5.74) is 3.32. The summed E-state index contributed by atoms with van der Waals surface area (Å²) in [4.78, 5) is 23.9. The van der Waals surface area contributed by atoms with Gasteiger partial charge in [0.05, 0.1) is 0 Å². The predicted molar refractivity (Wildman–Crippen MR) is 83.6 cm³/mol. The summed E-state index contributed by atoms with van der Waals surface area (Å²) < 4.78 is 0. The molecule has 0 bridgehead atoms. The number of ketones is 2. The van der Waals surface area contributed by atoms with E-state index in [0.717, 1.165) is 24.8 Å². The van der Waals surface area contributed by atoms with Crippen molar-refractivity contribution in [2.75, 3.05) is 0 Å². The highest BCUT2D eigenvalue weighted by Crippen LogP contribution is 2.55. The number of aryl methyl sites for hydroxylation is 1. The molecule has 21 heavy (non-hydrogen) atoms. The summed E-state index contributed by atoms with van der Waals surface area (Å²) >= 11 is 0. The first-order chi connectivity index (χ1) is 9.76. The normalized spacial score (nSPS) is 30.5. The van der Waals surface area contributed by atoms with E-state index in [0.29, 0.717) is 18.1 Å². The fourth-order valence-corrected chi connectivity index (χ4v) is 4.74. The molecule has 0 N–H and O–H groups in total. The number of rotatable bonds is 1. The first-order valence-electron chi connectivity index (χ1n) is 7.94. The van der Waals surface area contributed by atoms with Gasteiger partial charge < -0.3 is 0 Å². The largest absolute Gasteiger partial charge is 0.299 e. The molecule has 0 unspecified atom stereocenters. The second kappa shape index (κ2) is 4.53. The van der Waals surface area contributed by atoms with Crippen molar-refractivity contribution in [1.29, 1.82) is 0 Å². The van der Waals surface area contributed by atoms with Crippen LogP contribution in [0.1, 0.15) is 68.4 Å². The summed E-state index contributed by atoms with van der Waals surface area (Å²) in [6.07, 6.45) is 3.64. The zero-order valence-electron chi connectivity index (χ0n) is 13.5. The molecule has 3 rings (SSSR count). The SMILES string of the molecule is CC(=O)c1ccc2c(c1)CC[C@H]1C(C)(C)C(=O)CC[C@]21C. The van der Waals surface area contributed by atoms with E-state index in [1.54, 1.807) is 6.92 Å². The van der Waals surface area contributed by atoms with E-state index in [1.807, 2.05) is 6.07 Å². The number of hydrogen-bond acceptors (Lipinski definition) is 2. The summed E-state index contributed by atoms with van der Waals surface area (Å²) in [6.45, 7) is 8.17. The van der Waals surface area contributed by atoms with Crippen LogP contribution in [0.4, 0.5) is 0 Å². The average molecular weight is 284 g/mol. The molecular formula is C19H24O2. The highest BCUT2D eigenvalue weighted by Gasteiger charge is 2.53. The third-order valence-corrected chi connectivity index (χ3v) is 6.06. The minimum atomic E-state index is -0.232. The summed E-state index contributed by atoms with van der Waals surface area (Å²) in [5, 5.41) is 0. The minimum Gasteiger partial charge on any atom is -0.299 e. The van der Waals surface area contributed by atoms with E-state index in [4.69, 9.17) is 0 Å². The fourth-order valence-electron chi connectivity index (χ4n) is 4.74. The third-order valence-electron chi connectivity index (χ3n) is 6.06. The molecule has 1 saturated carbocycles. The van der Waals surface area contributed by atoms with Gasteiger partial charge in [-0.3, -0.25) is 9.59 Å². The zero-order chi connectivity index (χ0) is 15.4. The van der Waals surface area contributed by atoms with Gasteiger partial charge in [0, 0.05) is 17.4 Å². The Bertz CT molecular complexity index is 626. The number of carbonyl (C=O) groups is 2. The van der Waals surface area contributed by atoms with Gasteiger partial charge >= 0.3 is 0 Å². The van der Waals surface area contributed by atoms with Gasteiger partial charge in [-0.05, 0) is 54.7 Å². The van der Waals surface area contributed by atoms with Crippen molar-refractivity contribution in [1.82, 2.24) is 0 Å². The molecule has 0 radical (unpaired) electrons. The van der Waals surface area contributed by atoms with E-state index < -0.39 is 0 Å². The highest BCUT2D eigenvalue weighted by molar-refractivity contribution is 5.94. The highest BCUT2D eigenvalue weighted by atomic mass is 16.1. The molecule has 2 heteroatoms. The number of fused-ring (bicyclic) bond motifs is 3. The van der Waals surface area contributed by atoms with Crippen LogP contribution in [0.3, 0.4) is 0 Å². The molecule has 0 heterocycles. The fraction of sp³-hybridized carbons (Fsp3) is 0.579. The maximum Gasteiger partial charge on any atom is 0.159 e. The molecule has 0 aromatic heterocycles. The van der Waals surface area contributed by atoms with Gasteiger partial charge in [0.1, 0.15) is 5.78 Å². The van der Waals surface area contributed by atoms with Crippen LogP contribution in [0.2, 0.25) is 0 Å². The molecule has 2 aliphatic rings. The molecule has 0 amide bonds. The third kappa shape index (κ3) is 1.99. The van der Waals surface area contributed by atoms with Crippen molar-refractivity contribution < 1.29 is 9.59 Å². The van der Waals surface area contributed by atoms with Crippen LogP contribution in [0, 0.1) is 11.3 Å². The van der Waals surface area contributed by atoms with Crippen LogP contribution in [-0.4, -0.2) is 11.6 Å². The first kappa shape index (κ1) is 14.5. The van der Waals surface area contributed by atoms with Gasteiger partial charge in [0.15, 0.2) is 5.78 Å². The Kier molecular flexibility index (Phi) is 3.12. The summed E-state index contributed by atoms with van der Waals surface area (Å²) in [6, 6.07) is 6.17. The molecule has 2 nitrogen and oxygen atoms in total. The first-order valence-corrected chi connectivity index (χ1v) is 7.94. The lowest BCUT2D eigenvalue weighted by atomic mass is 9.50. The van der Waals surface area contributed by atoms with Crippen molar-refractivity contribution in [3.63, 3.8) is 0 Å². The van der Waals surface area contributed by atoms with Gasteiger partial charge in [-0.25, -0.2) is 0 Å². The molecule has 2 aliphatic carbocycles. The summed E-state index contributed by atoms with van der Waals surface area (Å²) in [5.74, 6) is 0.944. The Morgan fingerprint density at radius 2 is 1.90 bits per heavy atom. The van der Waals surface area contributed by atoms with Crippen LogP contribution in [0.25, 0.3) is 0 Å². The smallest absolute Gasteiger partial charge is 0.159 e. The van der Waals surface area contributed by atoms with Gasteiger partial charge in [-0.1, -0.05) is 32.9 Å². The molecular weight excluding hydrogens is 260 g/mol. The Balaban J connectivity index is 2.10. The van der Waals surface area contributed by atoms with Gasteiger partial charge in [0.25, 0.3) is 0 Å². The number of hydrogen-bond donors (Lipinski definition) is 0. The molecule has 1 aromatic carbocycles. The monoisotopic (exact) mass is 284 g/mol. The quantitative estimate of drug-likeness (QED) is 0.728. The molecule has 0 aliphatic heterocycles. The van der Waals surface area contributed by atoms with Crippen LogP contribution in [-0.2, 0) is 16.6 Å². The van der Waals surface area contributed by atoms with E-state index >= 15 is 0 Å². The van der Waals surface area contributed by atoms with Crippen molar-refractivity contribution in [3.05, 3.63) is 34.9 Å². The maximum atomic E-state index is 12.3. The van der Waals surface area contributed by atoms with Crippen LogP contribution in [0.5, 0.6) is 0 Å². The Labute approximate surface area is 126 Å². The van der Waals surface area contributed by atoms with Crippen molar-refractivity contribution in [2.24, 2.45) is 11.3 Å². The number of Topliss-reactive ketones (excluding diaryl/α,β-unsaturated/α-hetero) is 2. The van der Waals surface area contributed by atoms with Crippen molar-refractivity contribution in [2.45, 2.75) is 58.8 Å². The van der Waals surface area contributed by atoms with E-state index in [2.05, 4.69) is 32.9 Å². The molecule has 1 fully saturated rings. The van der Waals surface area contributed by atoms with Crippen LogP contribution >= 0.6 is 0 Å². The van der Waals surface area contributed by atoms with E-state index in [9.17, 15) is 9.59 Å². The van der Waals surface area contributed by atoms with Gasteiger partial charge in [-0.2, -0.15) is 0 Å². The molecule has 2 atom stereocenters. The Morgan fingerprint density at radius 1 is 1.19 bits per heavy atom. The van der Waals surface area contributed by atoms with Gasteiger partial charge in [0.2, 0.25) is 0 Å². The lowest BCUT2D eigenvalue weighted by molar-refractivity contribution is -0.137. The minimum absolute atomic E-state index is 0.0698. The second-order valence-corrected chi connectivity index (χ2v) is 7.58. The maximum absolute atomic E-state index is 12.3. The number of benzene rings is 1. The Morgan fingerprint density at radius 3 is 2.57 bits per heavy atom. The lowest BCUT2D eigenvalue weighted by Crippen LogP contribution is -2.52. The van der Waals surface area contributed by atoms with E-state index in [1.165, 1.54) is 11.1 Å². The van der Waals surface area contributed by atoms with Crippen LogP contribution in [0.15, 0.2) is 18.2 Å². The van der Waals surface area contributed by atoms with Crippen LogP contribution < -0.4 is 0 Å². The van der Waals surface area contributed by atoms with Crippen molar-refractivity contribution in [3.8, 4) is 0 Å². The zero-order valence-corrected chi connectivity index (χ0v) is 13.5. The molecule has 1 aromatic rings. The predicted octanol–water partition coefficient (Wildman–Crippen LogP) is 4.10. The lowest BCUT2D eigenvalue weighted by Gasteiger charge is -2.53. The molecule has 0 saturated heterocycles. The number of carbonyl (C=O) groups excluding carboxylic acids is 2. The Hall–Kier alpha value is -1.44. The van der Waals surface area contributed by atoms with Crippen molar-refractivity contribution >= 4 is 11.6 Å². The molecule has 112 valence electrons. The molecule has 0 spiro atoms. The van der Waals surface area contributed by atoms with Gasteiger partial charge in [-0.15, -0.1) is 0 Å².